The van der Waals surface area contributed by atoms with Crippen LogP contribution in [0.25, 0.3) is 23.0 Å². The number of hydrogen-bond donors (Lipinski definition) is 0. The Bertz CT molecular complexity index is 1460. The van der Waals surface area contributed by atoms with Crippen molar-refractivity contribution in [3.05, 3.63) is 119 Å². The predicted octanol–water partition coefficient (Wildman–Crippen LogP) is 8.01. The first-order valence-corrected chi connectivity index (χ1v) is 12.0. The fourth-order valence-electron chi connectivity index (χ4n) is 4.06. The minimum Gasteiger partial charge on any atom is -0.436 e. The molecule has 0 amide bonds. The Kier molecular flexibility index (Phi) is 6.44. The molecular weight excluding hydrogens is 430 g/mol. The lowest BCUT2D eigenvalue weighted by atomic mass is 9.95. The molecule has 2 aromatic heterocycles. The van der Waals surface area contributed by atoms with Gasteiger partial charge in [-0.1, -0.05) is 77.4 Å². The van der Waals surface area contributed by atoms with Gasteiger partial charge in [0.05, 0.1) is 5.69 Å². The highest BCUT2D eigenvalue weighted by Crippen LogP contribution is 2.29. The van der Waals surface area contributed by atoms with E-state index in [1.54, 1.807) is 6.20 Å². The number of allylic oxidation sites excluding steroid dienone is 1. The van der Waals surface area contributed by atoms with Gasteiger partial charge < -0.3 is 9.14 Å². The number of aromatic nitrogens is 3. The molecule has 0 unspecified atom stereocenters. The van der Waals surface area contributed by atoms with Crippen molar-refractivity contribution in [2.45, 2.75) is 33.6 Å². The van der Waals surface area contributed by atoms with Crippen molar-refractivity contribution >= 4 is 11.7 Å². The number of ether oxygens (including phenoxy) is 1. The molecule has 0 radical (unpaired) electrons. The molecule has 0 N–H and O–H groups in total. The lowest BCUT2D eigenvalue weighted by Gasteiger charge is -2.11. The van der Waals surface area contributed by atoms with Gasteiger partial charge in [-0.3, -0.25) is 0 Å². The van der Waals surface area contributed by atoms with E-state index in [-0.39, 0.29) is 1.43 Å². The van der Waals surface area contributed by atoms with Crippen molar-refractivity contribution in [2.75, 3.05) is 0 Å². The largest absolute Gasteiger partial charge is 0.436 e. The molecule has 4 nitrogen and oxygen atoms in total. The minimum atomic E-state index is 0. The highest BCUT2D eigenvalue weighted by Gasteiger charge is 2.13. The highest BCUT2D eigenvalue weighted by atomic mass is 16.5. The van der Waals surface area contributed by atoms with Gasteiger partial charge >= 0.3 is 0 Å². The smallest absolute Gasteiger partial charge is 0.263 e. The molecule has 2 heterocycles. The molecule has 3 aromatic carbocycles. The van der Waals surface area contributed by atoms with Gasteiger partial charge in [-0.25, -0.2) is 9.97 Å². The van der Waals surface area contributed by atoms with Gasteiger partial charge in [0.1, 0.15) is 5.75 Å². The summed E-state index contributed by atoms with van der Waals surface area (Å²) < 4.78 is 7.95. The zero-order valence-corrected chi connectivity index (χ0v) is 20.4. The predicted molar refractivity (Wildman–Crippen MR) is 145 cm³/mol. The maximum absolute atomic E-state index is 5.98. The van der Waals surface area contributed by atoms with Crippen molar-refractivity contribution in [1.82, 2.24) is 14.4 Å². The van der Waals surface area contributed by atoms with Gasteiger partial charge in [-0.2, -0.15) is 0 Å². The maximum Gasteiger partial charge on any atom is 0.263 e. The normalized spacial score (nSPS) is 12.1. The molecule has 6 rings (SSSR count). The first-order chi connectivity index (χ1) is 17.0. The van der Waals surface area contributed by atoms with Crippen LogP contribution in [-0.4, -0.2) is 14.4 Å². The zero-order chi connectivity index (χ0) is 24.2. The maximum atomic E-state index is 5.98. The Hall–Kier alpha value is -4.18. The van der Waals surface area contributed by atoms with Crippen molar-refractivity contribution in [3.63, 3.8) is 0 Å². The van der Waals surface area contributed by atoms with Crippen LogP contribution in [0.5, 0.6) is 11.6 Å². The lowest BCUT2D eigenvalue weighted by molar-refractivity contribution is 0.465. The second kappa shape index (κ2) is 9.98. The van der Waals surface area contributed by atoms with Gasteiger partial charge in [-0.15, -0.1) is 0 Å². The summed E-state index contributed by atoms with van der Waals surface area (Å²) in [4.78, 5) is 9.19. The minimum absolute atomic E-state index is 0. The van der Waals surface area contributed by atoms with Crippen molar-refractivity contribution in [3.8, 4) is 22.9 Å². The summed E-state index contributed by atoms with van der Waals surface area (Å²) in [5, 5.41) is 0. The van der Waals surface area contributed by atoms with E-state index in [1.807, 2.05) is 41.1 Å². The van der Waals surface area contributed by atoms with E-state index in [0.717, 1.165) is 29.8 Å². The Morgan fingerprint density at radius 1 is 0.857 bits per heavy atom. The van der Waals surface area contributed by atoms with E-state index in [1.165, 1.54) is 27.8 Å². The van der Waals surface area contributed by atoms with E-state index >= 15 is 0 Å². The monoisotopic (exact) mass is 461 g/mol. The van der Waals surface area contributed by atoms with Gasteiger partial charge in [0.25, 0.3) is 5.88 Å². The molecule has 0 bridgehead atoms. The average Bonchev–Trinajstić information content (AvgIpc) is 3.33. The van der Waals surface area contributed by atoms with Crippen LogP contribution in [0.3, 0.4) is 0 Å². The topological polar surface area (TPSA) is 39.4 Å². The molecule has 1 aliphatic carbocycles. The summed E-state index contributed by atoms with van der Waals surface area (Å²) in [6.45, 7) is 6.25. The van der Waals surface area contributed by atoms with Crippen LogP contribution in [0, 0.1) is 20.8 Å². The number of nitrogens with zero attached hydrogens (tertiary/aromatic N) is 3. The van der Waals surface area contributed by atoms with Gasteiger partial charge in [0, 0.05) is 25.6 Å². The first kappa shape index (κ1) is 22.6. The molecule has 0 spiro atoms. The van der Waals surface area contributed by atoms with Crippen molar-refractivity contribution in [2.24, 2.45) is 0 Å². The average molecular weight is 462 g/mol. The van der Waals surface area contributed by atoms with Crippen LogP contribution in [0.1, 0.15) is 35.7 Å². The quantitative estimate of drug-likeness (QED) is 0.273. The summed E-state index contributed by atoms with van der Waals surface area (Å²) in [5.41, 5.74) is 9.29. The molecule has 0 fully saturated rings. The van der Waals surface area contributed by atoms with Crippen LogP contribution in [0.2, 0.25) is 0 Å². The molecule has 35 heavy (non-hydrogen) atoms. The number of fused-ring (bicyclic) bond motifs is 2. The van der Waals surface area contributed by atoms with Crippen LogP contribution in [0.4, 0.5) is 0 Å². The summed E-state index contributed by atoms with van der Waals surface area (Å²) in [6.07, 6.45) is 12.3. The van der Waals surface area contributed by atoms with E-state index in [9.17, 15) is 0 Å². The van der Waals surface area contributed by atoms with Gasteiger partial charge in [-0.05, 0) is 62.9 Å². The molecular formula is C31H31N3O. The SMILES string of the molecule is Cc1ccc(C)cc1.Cc1ccc(Oc2nccn3cc(-c4ccc5c(c4)CCC=C5)nc23)cc1.[HH]. The number of imidazole rings is 1. The fourth-order valence-corrected chi connectivity index (χ4v) is 4.06. The third-order valence-corrected chi connectivity index (χ3v) is 6.11. The molecule has 1 aliphatic rings. The van der Waals surface area contributed by atoms with Crippen LogP contribution in [0.15, 0.2) is 91.4 Å². The van der Waals surface area contributed by atoms with Gasteiger partial charge in [0.15, 0.2) is 0 Å². The number of aryl methyl sites for hydroxylation is 4. The Morgan fingerprint density at radius 3 is 2.26 bits per heavy atom. The zero-order valence-electron chi connectivity index (χ0n) is 20.4. The van der Waals surface area contributed by atoms with Crippen molar-refractivity contribution in [1.29, 1.82) is 0 Å². The summed E-state index contributed by atoms with van der Waals surface area (Å²) >= 11 is 0. The van der Waals surface area contributed by atoms with Crippen LogP contribution in [-0.2, 0) is 6.42 Å². The van der Waals surface area contributed by atoms with Crippen LogP contribution < -0.4 is 4.74 Å². The lowest BCUT2D eigenvalue weighted by Crippen LogP contribution is -1.94. The van der Waals surface area contributed by atoms with E-state index in [2.05, 4.69) is 80.4 Å². The molecule has 0 saturated carbocycles. The van der Waals surface area contributed by atoms with E-state index in [4.69, 9.17) is 9.72 Å². The van der Waals surface area contributed by atoms with Crippen LogP contribution >= 0.6 is 0 Å². The van der Waals surface area contributed by atoms with E-state index in [0.29, 0.717) is 11.5 Å². The van der Waals surface area contributed by atoms with Gasteiger partial charge in [0.2, 0.25) is 5.65 Å². The summed E-state index contributed by atoms with van der Waals surface area (Å²) in [5.74, 6) is 1.26. The second-order valence-electron chi connectivity index (χ2n) is 9.01. The molecule has 0 saturated heterocycles. The number of rotatable bonds is 3. The summed E-state index contributed by atoms with van der Waals surface area (Å²) in [7, 11) is 0. The molecule has 0 aliphatic heterocycles. The fraction of sp³-hybridized carbons (Fsp3) is 0.161. The molecule has 176 valence electrons. The standard InChI is InChI=1S/C23H19N3O.C8H10.H2/c1-16-6-10-20(11-7-16)27-23-22-25-21(15-26(22)13-12-24-23)19-9-8-17-4-2-3-5-18(17)14-19;1-7-3-5-8(2)6-4-7;/h2,4,6-15H,3,5H2,1H3;3-6H,1-2H3;1H. The van der Waals surface area contributed by atoms with E-state index < -0.39 is 0 Å². The summed E-state index contributed by atoms with van der Waals surface area (Å²) in [6, 6.07) is 23.0. The Balaban J connectivity index is 0.000000291. The number of benzene rings is 3. The first-order valence-electron chi connectivity index (χ1n) is 12.0. The molecule has 4 heteroatoms. The second-order valence-corrected chi connectivity index (χ2v) is 9.01. The third kappa shape index (κ3) is 5.33. The third-order valence-electron chi connectivity index (χ3n) is 6.11. The number of hydrogen-bond acceptors (Lipinski definition) is 3. The Labute approximate surface area is 208 Å². The Morgan fingerprint density at radius 2 is 1.54 bits per heavy atom. The molecule has 5 aromatic rings. The highest BCUT2D eigenvalue weighted by molar-refractivity contribution is 5.69. The van der Waals surface area contributed by atoms with Crippen molar-refractivity contribution < 1.29 is 6.16 Å². The molecule has 0 atom stereocenters.